The predicted molar refractivity (Wildman–Crippen MR) is 118 cm³/mol. The van der Waals surface area contributed by atoms with Gasteiger partial charge in [0.1, 0.15) is 5.52 Å². The van der Waals surface area contributed by atoms with Crippen LogP contribution in [0.15, 0.2) is 55.1 Å². The first-order chi connectivity index (χ1) is 15.1. The number of fused-ring (bicyclic) bond motifs is 1. The first-order valence-corrected chi connectivity index (χ1v) is 10.2. The molecule has 0 unspecified atom stereocenters. The van der Waals surface area contributed by atoms with Gasteiger partial charge in [-0.2, -0.15) is 9.97 Å². The number of nitrogens with two attached hydrogens (primary N) is 1. The van der Waals surface area contributed by atoms with Gasteiger partial charge in [0, 0.05) is 31.2 Å². The van der Waals surface area contributed by atoms with Crippen molar-refractivity contribution in [2.45, 2.75) is 25.9 Å². The molecule has 1 aromatic carbocycles. The van der Waals surface area contributed by atoms with Crippen LogP contribution in [0.25, 0.3) is 16.9 Å². The molecule has 0 saturated heterocycles. The van der Waals surface area contributed by atoms with Crippen molar-refractivity contribution >= 4 is 34.7 Å². The summed E-state index contributed by atoms with van der Waals surface area (Å²) in [5.41, 5.74) is 8.97. The number of aryl methyl sites for hydroxylation is 1. The van der Waals surface area contributed by atoms with E-state index in [0.29, 0.717) is 37.3 Å². The molecule has 4 rings (SSSR count). The van der Waals surface area contributed by atoms with Crippen molar-refractivity contribution in [1.82, 2.24) is 29.4 Å². The number of halogens is 1. The normalized spacial score (nSPS) is 11.0. The number of amides is 1. The van der Waals surface area contributed by atoms with E-state index < -0.39 is 6.09 Å². The first-order valence-electron chi connectivity index (χ1n) is 9.87. The molecule has 160 valence electrons. The Hall–Kier alpha value is -3.59. The van der Waals surface area contributed by atoms with Crippen LogP contribution in [0.2, 0.25) is 5.28 Å². The SMILES string of the molecule is Nc1nc(Cl)nc2c1ncn2CCCCOC(=O)NCc1cccc(-n2cccc2)c1. The van der Waals surface area contributed by atoms with Gasteiger partial charge < -0.3 is 24.9 Å². The zero-order chi connectivity index (χ0) is 21.6. The van der Waals surface area contributed by atoms with Crippen molar-refractivity contribution in [2.75, 3.05) is 12.3 Å². The van der Waals surface area contributed by atoms with E-state index in [0.717, 1.165) is 17.7 Å². The number of benzene rings is 1. The van der Waals surface area contributed by atoms with Crippen LogP contribution < -0.4 is 11.1 Å². The van der Waals surface area contributed by atoms with Gasteiger partial charge >= 0.3 is 6.09 Å². The molecule has 10 heteroatoms. The molecule has 0 aliphatic carbocycles. The molecule has 0 fully saturated rings. The van der Waals surface area contributed by atoms with Gasteiger partial charge in [-0.25, -0.2) is 9.78 Å². The topological polar surface area (TPSA) is 113 Å². The Morgan fingerprint density at radius 1 is 1.16 bits per heavy atom. The number of ether oxygens (including phenoxy) is 1. The fourth-order valence-electron chi connectivity index (χ4n) is 3.21. The number of imidazole rings is 1. The van der Waals surface area contributed by atoms with E-state index in [2.05, 4.69) is 20.3 Å². The third kappa shape index (κ3) is 5.13. The Labute approximate surface area is 183 Å². The average molecular weight is 440 g/mol. The summed E-state index contributed by atoms with van der Waals surface area (Å²) in [6.07, 6.45) is 6.64. The van der Waals surface area contributed by atoms with Gasteiger partial charge in [-0.1, -0.05) is 12.1 Å². The maximum atomic E-state index is 12.0. The molecule has 31 heavy (non-hydrogen) atoms. The number of carbonyl (C=O) groups is 1. The van der Waals surface area contributed by atoms with Crippen LogP contribution in [0, 0.1) is 0 Å². The summed E-state index contributed by atoms with van der Waals surface area (Å²) >= 11 is 5.87. The van der Waals surface area contributed by atoms with Crippen LogP contribution in [0.3, 0.4) is 0 Å². The van der Waals surface area contributed by atoms with E-state index in [1.165, 1.54) is 0 Å². The molecular formula is C21H22ClN7O2. The molecule has 0 spiro atoms. The maximum Gasteiger partial charge on any atom is 0.407 e. The van der Waals surface area contributed by atoms with Crippen LogP contribution in [0.4, 0.5) is 10.6 Å². The number of carbonyl (C=O) groups excluding carboxylic acids is 1. The molecule has 4 aromatic rings. The van der Waals surface area contributed by atoms with Crippen LogP contribution in [-0.2, 0) is 17.8 Å². The summed E-state index contributed by atoms with van der Waals surface area (Å²) in [5.74, 6) is 0.257. The number of nitrogen functional groups attached to an aromatic ring is 1. The van der Waals surface area contributed by atoms with Crippen LogP contribution >= 0.6 is 11.6 Å². The number of hydrogen-bond acceptors (Lipinski definition) is 6. The number of alkyl carbamates (subject to hydrolysis) is 1. The zero-order valence-electron chi connectivity index (χ0n) is 16.7. The lowest BCUT2D eigenvalue weighted by Crippen LogP contribution is -2.24. The highest BCUT2D eigenvalue weighted by Gasteiger charge is 2.10. The highest BCUT2D eigenvalue weighted by Crippen LogP contribution is 2.18. The van der Waals surface area contributed by atoms with E-state index in [-0.39, 0.29) is 11.1 Å². The summed E-state index contributed by atoms with van der Waals surface area (Å²) in [6.45, 7) is 1.37. The molecule has 3 heterocycles. The van der Waals surface area contributed by atoms with Crippen molar-refractivity contribution in [3.8, 4) is 5.69 Å². The van der Waals surface area contributed by atoms with Crippen molar-refractivity contribution in [3.63, 3.8) is 0 Å². The van der Waals surface area contributed by atoms with Gasteiger partial charge in [-0.15, -0.1) is 0 Å². The minimum absolute atomic E-state index is 0.0886. The van der Waals surface area contributed by atoms with Gasteiger partial charge in [0.25, 0.3) is 0 Å². The highest BCUT2D eigenvalue weighted by atomic mass is 35.5. The number of aromatic nitrogens is 5. The second kappa shape index (κ2) is 9.48. The van der Waals surface area contributed by atoms with E-state index >= 15 is 0 Å². The monoisotopic (exact) mass is 439 g/mol. The lowest BCUT2D eigenvalue weighted by molar-refractivity contribution is 0.143. The van der Waals surface area contributed by atoms with Crippen LogP contribution in [0.1, 0.15) is 18.4 Å². The summed E-state index contributed by atoms with van der Waals surface area (Å²) in [4.78, 5) is 24.3. The number of nitrogens with one attached hydrogen (secondary N) is 1. The lowest BCUT2D eigenvalue weighted by atomic mass is 10.2. The molecule has 0 aliphatic heterocycles. The molecule has 0 aliphatic rings. The third-order valence-corrected chi connectivity index (χ3v) is 4.91. The molecule has 0 saturated carbocycles. The van der Waals surface area contributed by atoms with Crippen molar-refractivity contribution in [2.24, 2.45) is 0 Å². The molecule has 3 N–H and O–H groups in total. The summed E-state index contributed by atoms with van der Waals surface area (Å²) in [5, 5.41) is 2.87. The van der Waals surface area contributed by atoms with E-state index in [4.69, 9.17) is 22.1 Å². The Bertz CT molecular complexity index is 1170. The van der Waals surface area contributed by atoms with Gasteiger partial charge in [0.2, 0.25) is 5.28 Å². The first kappa shape index (κ1) is 20.7. The fraction of sp³-hybridized carbons (Fsp3) is 0.238. The number of rotatable bonds is 8. The Kier molecular flexibility index (Phi) is 6.32. The van der Waals surface area contributed by atoms with Crippen LogP contribution in [-0.4, -0.2) is 36.8 Å². The van der Waals surface area contributed by atoms with Gasteiger partial charge in [-0.05, 0) is 54.3 Å². The number of nitrogens with zero attached hydrogens (tertiary/aromatic N) is 5. The number of hydrogen-bond donors (Lipinski definition) is 2. The van der Waals surface area contributed by atoms with Gasteiger partial charge in [0.05, 0.1) is 12.9 Å². The van der Waals surface area contributed by atoms with E-state index in [9.17, 15) is 4.79 Å². The Morgan fingerprint density at radius 2 is 2.00 bits per heavy atom. The Morgan fingerprint density at radius 3 is 2.84 bits per heavy atom. The molecule has 9 nitrogen and oxygen atoms in total. The molecular weight excluding hydrogens is 418 g/mol. The second-order valence-corrected chi connectivity index (χ2v) is 7.28. The molecule has 0 atom stereocenters. The van der Waals surface area contributed by atoms with E-state index in [1.54, 1.807) is 6.33 Å². The largest absolute Gasteiger partial charge is 0.450 e. The smallest absolute Gasteiger partial charge is 0.407 e. The molecule has 0 radical (unpaired) electrons. The average Bonchev–Trinajstić information content (AvgIpc) is 3.43. The predicted octanol–water partition coefficient (Wildman–Crippen LogP) is 3.56. The van der Waals surface area contributed by atoms with Gasteiger partial charge in [0.15, 0.2) is 11.5 Å². The van der Waals surface area contributed by atoms with Crippen LogP contribution in [0.5, 0.6) is 0 Å². The molecule has 0 bridgehead atoms. The second-order valence-electron chi connectivity index (χ2n) is 6.94. The van der Waals surface area contributed by atoms with E-state index in [1.807, 2.05) is 57.9 Å². The number of anilines is 1. The fourth-order valence-corrected chi connectivity index (χ4v) is 3.38. The molecule has 3 aromatic heterocycles. The minimum atomic E-state index is -0.438. The summed E-state index contributed by atoms with van der Waals surface area (Å²) in [7, 11) is 0. The quantitative estimate of drug-likeness (QED) is 0.320. The third-order valence-electron chi connectivity index (χ3n) is 4.74. The summed E-state index contributed by atoms with van der Waals surface area (Å²) in [6, 6.07) is 11.9. The standard InChI is InChI=1S/C21H22ClN7O2/c22-20-26-18(23)17-19(27-20)29(14-25-17)10-3-4-11-31-21(30)24-13-15-6-5-7-16(12-15)28-8-1-2-9-28/h1-2,5-9,12,14H,3-4,10-11,13H2,(H,24,30)(H2,23,26,27). The minimum Gasteiger partial charge on any atom is -0.450 e. The molecule has 1 amide bonds. The summed E-state index contributed by atoms with van der Waals surface area (Å²) < 4.78 is 9.14. The van der Waals surface area contributed by atoms with Crippen molar-refractivity contribution in [1.29, 1.82) is 0 Å². The van der Waals surface area contributed by atoms with Gasteiger partial charge in [-0.3, -0.25) is 0 Å². The lowest BCUT2D eigenvalue weighted by Gasteiger charge is -2.09. The zero-order valence-corrected chi connectivity index (χ0v) is 17.5. The van der Waals surface area contributed by atoms with Crippen molar-refractivity contribution in [3.05, 3.63) is 66.0 Å². The Balaban J connectivity index is 1.19. The maximum absolute atomic E-state index is 12.0. The number of unbranched alkanes of at least 4 members (excludes halogenated alkanes) is 1. The van der Waals surface area contributed by atoms with Crippen molar-refractivity contribution < 1.29 is 9.53 Å². The highest BCUT2D eigenvalue weighted by molar-refractivity contribution is 6.28.